The lowest BCUT2D eigenvalue weighted by Gasteiger charge is -2.18. The van der Waals surface area contributed by atoms with Crippen molar-refractivity contribution in [1.82, 2.24) is 0 Å². The van der Waals surface area contributed by atoms with E-state index in [2.05, 4.69) is 57.2 Å². The third-order valence-corrected chi connectivity index (χ3v) is 9.15. The van der Waals surface area contributed by atoms with E-state index in [1.165, 1.54) is 89.9 Å². The van der Waals surface area contributed by atoms with Gasteiger partial charge in [-0.15, -0.1) is 0 Å². The Morgan fingerprint density at radius 2 is 0.725 bits per heavy atom. The first kappa shape index (κ1) is 48.6. The molecular formula is C45H80O6. The number of rotatable bonds is 38. The minimum absolute atomic E-state index is 0.0825. The Morgan fingerprint density at radius 1 is 0.392 bits per heavy atom. The monoisotopic (exact) mass is 717 g/mol. The van der Waals surface area contributed by atoms with E-state index in [1.54, 1.807) is 0 Å². The van der Waals surface area contributed by atoms with E-state index in [-0.39, 0.29) is 31.1 Å². The van der Waals surface area contributed by atoms with Crippen LogP contribution in [0.4, 0.5) is 0 Å². The average molecular weight is 717 g/mol. The lowest BCUT2D eigenvalue weighted by Crippen LogP contribution is -2.30. The van der Waals surface area contributed by atoms with Gasteiger partial charge < -0.3 is 14.2 Å². The minimum atomic E-state index is -0.780. The molecule has 6 heteroatoms. The van der Waals surface area contributed by atoms with E-state index in [9.17, 15) is 14.4 Å². The molecule has 0 aromatic heterocycles. The molecule has 0 radical (unpaired) electrons. The van der Waals surface area contributed by atoms with Crippen LogP contribution in [0, 0.1) is 0 Å². The second-order valence-corrected chi connectivity index (χ2v) is 14.3. The van der Waals surface area contributed by atoms with Crippen molar-refractivity contribution in [3.8, 4) is 0 Å². The van der Waals surface area contributed by atoms with Crippen LogP contribution in [-0.4, -0.2) is 37.2 Å². The topological polar surface area (TPSA) is 78.9 Å². The molecule has 1 atom stereocenters. The molecule has 1 unspecified atom stereocenters. The summed E-state index contributed by atoms with van der Waals surface area (Å²) >= 11 is 0. The molecular weight excluding hydrogens is 636 g/mol. The molecule has 0 saturated heterocycles. The fraction of sp³-hybridized carbons (Fsp3) is 0.800. The Kier molecular flexibility index (Phi) is 38.5. The largest absolute Gasteiger partial charge is 0.462 e. The van der Waals surface area contributed by atoms with Gasteiger partial charge in [-0.05, 0) is 57.8 Å². The summed E-state index contributed by atoms with van der Waals surface area (Å²) in [6, 6.07) is 0. The highest BCUT2D eigenvalue weighted by Crippen LogP contribution is 2.14. The van der Waals surface area contributed by atoms with Crippen LogP contribution in [0.2, 0.25) is 0 Å². The molecule has 6 nitrogen and oxygen atoms in total. The van der Waals surface area contributed by atoms with Gasteiger partial charge in [0.2, 0.25) is 0 Å². The number of unbranched alkanes of at least 4 members (excludes halogenated alkanes) is 22. The highest BCUT2D eigenvalue weighted by molar-refractivity contribution is 5.71. The van der Waals surface area contributed by atoms with Crippen LogP contribution in [0.5, 0.6) is 0 Å². The third-order valence-electron chi connectivity index (χ3n) is 9.15. The van der Waals surface area contributed by atoms with Gasteiger partial charge in [-0.3, -0.25) is 14.4 Å². The van der Waals surface area contributed by atoms with Gasteiger partial charge >= 0.3 is 17.9 Å². The smallest absolute Gasteiger partial charge is 0.306 e. The zero-order valence-corrected chi connectivity index (χ0v) is 33.6. The molecule has 51 heavy (non-hydrogen) atoms. The van der Waals surface area contributed by atoms with Gasteiger partial charge in [0.15, 0.2) is 6.10 Å². The summed E-state index contributed by atoms with van der Waals surface area (Å²) in [5.41, 5.74) is 0. The first-order valence-corrected chi connectivity index (χ1v) is 21.5. The number of ether oxygens (including phenoxy) is 3. The molecule has 0 N–H and O–H groups in total. The maximum absolute atomic E-state index is 12.7. The molecule has 0 bridgehead atoms. The Balaban J connectivity index is 4.42. The Hall–Kier alpha value is -2.37. The standard InChI is InChI=1S/C45H80O6/c1-4-7-10-13-16-19-22-25-28-31-34-37-43(46)49-40-42(51-45(48)39-36-33-30-27-24-21-18-15-12-9-6-3)41-50-44(47)38-35-32-29-26-23-20-17-14-11-8-5-2/h13,15-16,18-19,22,42H,4-12,14,17,20-21,23-41H2,1-3H3/b16-13-,18-15-,22-19-. The lowest BCUT2D eigenvalue weighted by molar-refractivity contribution is -0.167. The third kappa shape index (κ3) is 38.7. The highest BCUT2D eigenvalue weighted by Gasteiger charge is 2.19. The number of carbonyl (C=O) groups is 3. The van der Waals surface area contributed by atoms with Crippen molar-refractivity contribution in [2.45, 2.75) is 219 Å². The number of hydrogen-bond donors (Lipinski definition) is 0. The van der Waals surface area contributed by atoms with Crippen molar-refractivity contribution >= 4 is 17.9 Å². The van der Waals surface area contributed by atoms with Crippen molar-refractivity contribution in [2.75, 3.05) is 13.2 Å². The molecule has 296 valence electrons. The van der Waals surface area contributed by atoms with Crippen LogP contribution in [0.15, 0.2) is 36.5 Å². The van der Waals surface area contributed by atoms with Gasteiger partial charge in [-0.2, -0.15) is 0 Å². The zero-order chi connectivity index (χ0) is 37.3. The lowest BCUT2D eigenvalue weighted by atomic mass is 10.1. The van der Waals surface area contributed by atoms with Gasteiger partial charge in [0, 0.05) is 19.3 Å². The summed E-state index contributed by atoms with van der Waals surface area (Å²) in [6.45, 7) is 6.49. The summed E-state index contributed by atoms with van der Waals surface area (Å²) in [6.07, 6.45) is 44.1. The van der Waals surface area contributed by atoms with Crippen LogP contribution >= 0.6 is 0 Å². The zero-order valence-electron chi connectivity index (χ0n) is 33.6. The summed E-state index contributed by atoms with van der Waals surface area (Å²) in [5.74, 6) is -0.925. The quantitative estimate of drug-likeness (QED) is 0.0208. The molecule has 0 heterocycles. The van der Waals surface area contributed by atoms with E-state index < -0.39 is 6.10 Å². The van der Waals surface area contributed by atoms with Crippen molar-refractivity contribution in [3.63, 3.8) is 0 Å². The van der Waals surface area contributed by atoms with Crippen LogP contribution in [0.25, 0.3) is 0 Å². The molecule has 0 rings (SSSR count). The average Bonchev–Trinajstić information content (AvgIpc) is 3.12. The Morgan fingerprint density at radius 3 is 1.20 bits per heavy atom. The fourth-order valence-electron chi connectivity index (χ4n) is 5.81. The maximum Gasteiger partial charge on any atom is 0.306 e. The normalized spacial score (nSPS) is 12.3. The highest BCUT2D eigenvalue weighted by atomic mass is 16.6. The van der Waals surface area contributed by atoms with Gasteiger partial charge in [0.05, 0.1) is 0 Å². The van der Waals surface area contributed by atoms with Crippen LogP contribution in [0.1, 0.15) is 213 Å². The molecule has 0 aromatic carbocycles. The first-order chi connectivity index (χ1) is 25.0. The van der Waals surface area contributed by atoms with Crippen molar-refractivity contribution in [3.05, 3.63) is 36.5 Å². The first-order valence-electron chi connectivity index (χ1n) is 21.5. The molecule has 0 aliphatic carbocycles. The van der Waals surface area contributed by atoms with Crippen molar-refractivity contribution in [1.29, 1.82) is 0 Å². The van der Waals surface area contributed by atoms with E-state index in [1.807, 2.05) is 0 Å². The van der Waals surface area contributed by atoms with Gasteiger partial charge in [0.25, 0.3) is 0 Å². The number of allylic oxidation sites excluding steroid dienone is 6. The Labute approximate surface area is 315 Å². The molecule has 0 aromatic rings. The second-order valence-electron chi connectivity index (χ2n) is 14.3. The van der Waals surface area contributed by atoms with Gasteiger partial charge in [-0.1, -0.05) is 173 Å². The van der Waals surface area contributed by atoms with E-state index in [4.69, 9.17) is 14.2 Å². The number of esters is 3. The molecule has 0 aliphatic rings. The molecule has 0 saturated carbocycles. The summed E-state index contributed by atoms with van der Waals surface area (Å²) < 4.78 is 16.6. The molecule has 0 aliphatic heterocycles. The van der Waals surface area contributed by atoms with E-state index >= 15 is 0 Å². The second kappa shape index (κ2) is 40.4. The molecule has 0 amide bonds. The summed E-state index contributed by atoms with van der Waals surface area (Å²) in [4.78, 5) is 37.6. The molecule has 0 fully saturated rings. The van der Waals surface area contributed by atoms with Crippen LogP contribution in [0.3, 0.4) is 0 Å². The van der Waals surface area contributed by atoms with Crippen molar-refractivity contribution < 1.29 is 28.6 Å². The van der Waals surface area contributed by atoms with Crippen molar-refractivity contribution in [2.24, 2.45) is 0 Å². The summed E-state index contributed by atoms with van der Waals surface area (Å²) in [5, 5.41) is 0. The molecule has 0 spiro atoms. The maximum atomic E-state index is 12.7. The minimum Gasteiger partial charge on any atom is -0.462 e. The number of carbonyl (C=O) groups excluding carboxylic acids is 3. The fourth-order valence-corrected chi connectivity index (χ4v) is 5.81. The Bertz CT molecular complexity index is 876. The van der Waals surface area contributed by atoms with Gasteiger partial charge in [0.1, 0.15) is 13.2 Å². The SMILES string of the molecule is CCCC/C=C\C=C/CCCCCC(=O)OCC(COC(=O)CCCCCCCCCCCCC)OC(=O)CCCCCCC/C=C\CCCC. The van der Waals surface area contributed by atoms with E-state index in [0.717, 1.165) is 83.5 Å². The predicted octanol–water partition coefficient (Wildman–Crippen LogP) is 13.4. The number of hydrogen-bond acceptors (Lipinski definition) is 6. The van der Waals surface area contributed by atoms with Crippen LogP contribution < -0.4 is 0 Å². The summed E-state index contributed by atoms with van der Waals surface area (Å²) in [7, 11) is 0. The van der Waals surface area contributed by atoms with Gasteiger partial charge in [-0.25, -0.2) is 0 Å². The van der Waals surface area contributed by atoms with E-state index in [0.29, 0.717) is 19.3 Å². The predicted molar refractivity (Wildman–Crippen MR) is 215 cm³/mol. The van der Waals surface area contributed by atoms with Crippen LogP contribution in [-0.2, 0) is 28.6 Å².